The van der Waals surface area contributed by atoms with Crippen molar-refractivity contribution in [2.24, 2.45) is 5.92 Å². The summed E-state index contributed by atoms with van der Waals surface area (Å²) < 4.78 is 5.16. The first-order valence-corrected chi connectivity index (χ1v) is 12.7. The van der Waals surface area contributed by atoms with Gasteiger partial charge < -0.3 is 25.8 Å². The molecule has 0 radical (unpaired) electrons. The van der Waals surface area contributed by atoms with Crippen molar-refractivity contribution in [3.8, 4) is 5.75 Å². The third kappa shape index (κ3) is 6.72. The van der Waals surface area contributed by atoms with Crippen LogP contribution in [-0.2, 0) is 0 Å². The van der Waals surface area contributed by atoms with Gasteiger partial charge in [0.05, 0.1) is 7.11 Å². The number of benzene rings is 1. The van der Waals surface area contributed by atoms with Crippen molar-refractivity contribution in [3.63, 3.8) is 0 Å². The van der Waals surface area contributed by atoms with Gasteiger partial charge in [-0.3, -0.25) is 4.90 Å². The average molecular weight is 484 g/mol. The molecule has 0 amide bonds. The molecule has 1 aliphatic carbocycles. The Bertz CT molecular complexity index is 997. The van der Waals surface area contributed by atoms with Crippen molar-refractivity contribution in [2.75, 3.05) is 49.2 Å². The van der Waals surface area contributed by atoms with Crippen LogP contribution in [0.4, 0.5) is 23.5 Å². The summed E-state index contributed by atoms with van der Waals surface area (Å²) in [5, 5.41) is 19.5. The van der Waals surface area contributed by atoms with Crippen LogP contribution in [0.1, 0.15) is 62.2 Å². The SMILES string of the molecule is CCN1CCCC1CNc1nc(NCC2CCCCC2)nc(Nc2ccc(OC)c(C(=O)O)c2)n1. The number of nitrogens with one attached hydrogen (secondary N) is 3. The van der Waals surface area contributed by atoms with Crippen LogP contribution in [-0.4, -0.2) is 70.3 Å². The third-order valence-corrected chi connectivity index (χ3v) is 7.00. The normalized spacial score (nSPS) is 18.9. The lowest BCUT2D eigenvalue weighted by Gasteiger charge is -2.23. The van der Waals surface area contributed by atoms with E-state index in [1.807, 2.05) is 0 Å². The number of carbonyl (C=O) groups is 1. The van der Waals surface area contributed by atoms with Crippen LogP contribution >= 0.6 is 0 Å². The highest BCUT2D eigenvalue weighted by Gasteiger charge is 2.23. The van der Waals surface area contributed by atoms with E-state index in [9.17, 15) is 9.90 Å². The number of aromatic nitrogens is 3. The molecule has 1 aromatic heterocycles. The second kappa shape index (κ2) is 12.0. The zero-order valence-corrected chi connectivity index (χ0v) is 20.7. The number of hydrogen-bond donors (Lipinski definition) is 4. The molecule has 4 N–H and O–H groups in total. The Hall–Kier alpha value is -3.14. The van der Waals surface area contributed by atoms with E-state index in [0.717, 1.165) is 32.6 Å². The summed E-state index contributed by atoms with van der Waals surface area (Å²) in [7, 11) is 1.45. The molecule has 1 saturated carbocycles. The van der Waals surface area contributed by atoms with Gasteiger partial charge in [-0.2, -0.15) is 15.0 Å². The van der Waals surface area contributed by atoms with Gasteiger partial charge in [-0.05, 0) is 62.9 Å². The highest BCUT2D eigenvalue weighted by atomic mass is 16.5. The first-order valence-electron chi connectivity index (χ1n) is 12.7. The number of likely N-dealkylation sites (N-methyl/N-ethyl adjacent to an activating group) is 1. The maximum atomic E-state index is 11.6. The molecule has 10 heteroatoms. The Morgan fingerprint density at radius 2 is 1.74 bits per heavy atom. The summed E-state index contributed by atoms with van der Waals surface area (Å²) in [4.78, 5) is 27.9. The maximum absolute atomic E-state index is 11.6. The molecule has 2 aliphatic rings. The summed E-state index contributed by atoms with van der Waals surface area (Å²) >= 11 is 0. The van der Waals surface area contributed by atoms with Crippen molar-refractivity contribution in [1.82, 2.24) is 19.9 Å². The van der Waals surface area contributed by atoms with Gasteiger partial charge in [0.25, 0.3) is 0 Å². The highest BCUT2D eigenvalue weighted by Crippen LogP contribution is 2.26. The maximum Gasteiger partial charge on any atom is 0.339 e. The minimum atomic E-state index is -1.06. The minimum absolute atomic E-state index is 0.0708. The second-order valence-corrected chi connectivity index (χ2v) is 9.34. The first-order chi connectivity index (χ1) is 17.1. The van der Waals surface area contributed by atoms with Crippen LogP contribution in [0.5, 0.6) is 5.75 Å². The zero-order chi connectivity index (χ0) is 24.6. The van der Waals surface area contributed by atoms with Gasteiger partial charge in [0.2, 0.25) is 17.8 Å². The predicted molar refractivity (Wildman–Crippen MR) is 137 cm³/mol. The molecule has 35 heavy (non-hydrogen) atoms. The number of likely N-dealkylation sites (tertiary alicyclic amines) is 1. The van der Waals surface area contributed by atoms with E-state index in [0.29, 0.717) is 41.2 Å². The smallest absolute Gasteiger partial charge is 0.339 e. The second-order valence-electron chi connectivity index (χ2n) is 9.34. The van der Waals surface area contributed by atoms with E-state index >= 15 is 0 Å². The van der Waals surface area contributed by atoms with Crippen molar-refractivity contribution in [3.05, 3.63) is 23.8 Å². The number of carboxylic acid groups (broad SMARTS) is 1. The highest BCUT2D eigenvalue weighted by molar-refractivity contribution is 5.92. The van der Waals surface area contributed by atoms with Crippen molar-refractivity contribution >= 4 is 29.5 Å². The van der Waals surface area contributed by atoms with E-state index < -0.39 is 5.97 Å². The van der Waals surface area contributed by atoms with Crippen LogP contribution in [0.25, 0.3) is 0 Å². The Kier molecular flexibility index (Phi) is 8.57. The van der Waals surface area contributed by atoms with E-state index in [2.05, 4.69) is 42.7 Å². The van der Waals surface area contributed by atoms with Crippen molar-refractivity contribution in [1.29, 1.82) is 0 Å². The lowest BCUT2D eigenvalue weighted by atomic mass is 9.89. The van der Waals surface area contributed by atoms with E-state index in [1.165, 1.54) is 51.7 Å². The molecule has 1 unspecified atom stereocenters. The topological polar surface area (TPSA) is 125 Å². The zero-order valence-electron chi connectivity index (χ0n) is 20.7. The molecular weight excluding hydrogens is 446 g/mol. The lowest BCUT2D eigenvalue weighted by Crippen LogP contribution is -2.35. The number of aromatic carboxylic acids is 1. The molecule has 1 aliphatic heterocycles. The largest absolute Gasteiger partial charge is 0.496 e. The van der Waals surface area contributed by atoms with Crippen LogP contribution in [0.2, 0.25) is 0 Å². The molecule has 2 aromatic rings. The first kappa shape index (κ1) is 25.0. The number of hydrogen-bond acceptors (Lipinski definition) is 9. The number of methoxy groups -OCH3 is 1. The summed E-state index contributed by atoms with van der Waals surface area (Å²) in [6.07, 6.45) is 8.71. The summed E-state index contributed by atoms with van der Waals surface area (Å²) in [6, 6.07) is 5.35. The Morgan fingerprint density at radius 3 is 2.43 bits per heavy atom. The van der Waals surface area contributed by atoms with Crippen LogP contribution in [0.15, 0.2) is 18.2 Å². The van der Waals surface area contributed by atoms with Gasteiger partial charge in [-0.25, -0.2) is 4.79 Å². The fourth-order valence-corrected chi connectivity index (χ4v) is 5.05. The monoisotopic (exact) mass is 483 g/mol. The van der Waals surface area contributed by atoms with Crippen molar-refractivity contribution in [2.45, 2.75) is 57.9 Å². The Balaban J connectivity index is 1.51. The van der Waals surface area contributed by atoms with E-state index in [1.54, 1.807) is 12.1 Å². The molecule has 1 saturated heterocycles. The molecule has 1 atom stereocenters. The fraction of sp³-hybridized carbons (Fsp3) is 0.600. The summed E-state index contributed by atoms with van der Waals surface area (Å²) in [6.45, 7) is 5.96. The molecule has 1 aromatic carbocycles. The van der Waals surface area contributed by atoms with Gasteiger partial charge in [0.1, 0.15) is 11.3 Å². The number of nitrogens with zero attached hydrogens (tertiary/aromatic N) is 4. The summed E-state index contributed by atoms with van der Waals surface area (Å²) in [5.74, 6) is 1.24. The molecule has 2 fully saturated rings. The number of carboxylic acids is 1. The van der Waals surface area contributed by atoms with Crippen LogP contribution in [0, 0.1) is 5.92 Å². The number of ether oxygens (including phenoxy) is 1. The van der Waals surface area contributed by atoms with Crippen LogP contribution in [0.3, 0.4) is 0 Å². The fourth-order valence-electron chi connectivity index (χ4n) is 5.05. The average Bonchev–Trinajstić information content (AvgIpc) is 3.34. The van der Waals surface area contributed by atoms with Gasteiger partial charge in [0, 0.05) is 24.8 Å². The van der Waals surface area contributed by atoms with E-state index in [4.69, 9.17) is 4.74 Å². The molecule has 2 heterocycles. The standard InChI is InChI=1S/C25H37N7O3/c1-3-32-13-7-10-19(32)16-27-24-29-23(26-15-17-8-5-4-6-9-17)30-25(31-24)28-18-11-12-21(35-2)20(14-18)22(33)34/h11-12,14,17,19H,3-10,13,15-16H2,1-2H3,(H,33,34)(H3,26,27,28,29,30,31). The summed E-state index contributed by atoms with van der Waals surface area (Å²) in [5.41, 5.74) is 0.632. The van der Waals surface area contributed by atoms with Gasteiger partial charge >= 0.3 is 5.97 Å². The van der Waals surface area contributed by atoms with E-state index in [-0.39, 0.29) is 5.56 Å². The van der Waals surface area contributed by atoms with Gasteiger partial charge in [0.15, 0.2) is 0 Å². The lowest BCUT2D eigenvalue weighted by molar-refractivity contribution is 0.0693. The van der Waals surface area contributed by atoms with Crippen molar-refractivity contribution < 1.29 is 14.6 Å². The number of anilines is 4. The quantitative estimate of drug-likeness (QED) is 0.369. The van der Waals surface area contributed by atoms with Gasteiger partial charge in [-0.1, -0.05) is 26.2 Å². The number of rotatable bonds is 11. The van der Waals surface area contributed by atoms with Crippen LogP contribution < -0.4 is 20.7 Å². The van der Waals surface area contributed by atoms with Gasteiger partial charge in [-0.15, -0.1) is 0 Å². The molecule has 4 rings (SSSR count). The predicted octanol–water partition coefficient (Wildman–Crippen LogP) is 4.21. The minimum Gasteiger partial charge on any atom is -0.496 e. The molecule has 10 nitrogen and oxygen atoms in total. The molecule has 0 spiro atoms. The third-order valence-electron chi connectivity index (χ3n) is 7.00. The molecule has 190 valence electrons. The molecule has 0 bridgehead atoms. The Labute approximate surface area is 206 Å². The molecular formula is C25H37N7O3. The Morgan fingerprint density at radius 1 is 1.03 bits per heavy atom.